The van der Waals surface area contributed by atoms with Crippen molar-refractivity contribution in [3.8, 4) is 0 Å². The van der Waals surface area contributed by atoms with Crippen LogP contribution in [0.2, 0.25) is 5.02 Å². The van der Waals surface area contributed by atoms with Crippen molar-refractivity contribution in [2.24, 2.45) is 5.92 Å². The average molecular weight is 328 g/mol. The minimum absolute atomic E-state index is 0.00257. The maximum absolute atomic E-state index is 12.5. The lowest BCUT2D eigenvalue weighted by Gasteiger charge is -2.31. The van der Waals surface area contributed by atoms with E-state index in [9.17, 15) is 4.79 Å². The summed E-state index contributed by atoms with van der Waals surface area (Å²) in [5.74, 6) is 0.405. The van der Waals surface area contributed by atoms with Crippen molar-refractivity contribution in [2.75, 3.05) is 5.32 Å². The monoisotopic (exact) mass is 327 g/mol. The van der Waals surface area contributed by atoms with Crippen LogP contribution < -0.4 is 5.32 Å². The van der Waals surface area contributed by atoms with Gasteiger partial charge in [0.05, 0.1) is 6.04 Å². The van der Waals surface area contributed by atoms with Crippen LogP contribution >= 0.6 is 11.6 Å². The van der Waals surface area contributed by atoms with Crippen LogP contribution in [-0.2, 0) is 4.79 Å². The molecule has 0 aromatic heterocycles. The van der Waals surface area contributed by atoms with Crippen LogP contribution in [0.4, 0.5) is 5.69 Å². The fourth-order valence-electron chi connectivity index (χ4n) is 3.28. The number of rotatable bonds is 4. The first kappa shape index (κ1) is 16.1. The number of hydrogen-bond donors (Lipinski definition) is 1. The number of carbonyl (C=O) groups excluding carboxylic acids is 1. The number of Topliss-reactive ketones (excluding diaryl/α,β-unsaturated/α-hetero) is 1. The van der Waals surface area contributed by atoms with E-state index in [-0.39, 0.29) is 12.0 Å². The first-order valence-corrected chi connectivity index (χ1v) is 8.62. The molecule has 2 aromatic rings. The summed E-state index contributed by atoms with van der Waals surface area (Å²) in [4.78, 5) is 12.5. The molecule has 1 N–H and O–H groups in total. The van der Waals surface area contributed by atoms with Crippen molar-refractivity contribution in [1.29, 1.82) is 0 Å². The van der Waals surface area contributed by atoms with E-state index in [1.807, 2.05) is 24.3 Å². The van der Waals surface area contributed by atoms with Crippen molar-refractivity contribution in [1.82, 2.24) is 0 Å². The fraction of sp³-hybridized carbons (Fsp3) is 0.350. The SMILES string of the molecule is Cc1ccc(N[C@H](c2ccc(Cl)cc2)[C@H]2CCCCC2=O)cc1. The van der Waals surface area contributed by atoms with E-state index in [0.717, 1.165) is 35.5 Å². The van der Waals surface area contributed by atoms with Gasteiger partial charge in [-0.1, -0.05) is 47.9 Å². The van der Waals surface area contributed by atoms with Gasteiger partial charge < -0.3 is 5.32 Å². The van der Waals surface area contributed by atoms with E-state index in [1.165, 1.54) is 5.56 Å². The number of nitrogens with one attached hydrogen (secondary N) is 1. The molecule has 1 saturated carbocycles. The Morgan fingerprint density at radius 1 is 1.04 bits per heavy atom. The first-order valence-electron chi connectivity index (χ1n) is 8.25. The number of aryl methyl sites for hydroxylation is 1. The van der Waals surface area contributed by atoms with E-state index < -0.39 is 0 Å². The molecule has 3 heteroatoms. The van der Waals surface area contributed by atoms with Crippen LogP contribution in [0.15, 0.2) is 48.5 Å². The predicted octanol–water partition coefficient (Wildman–Crippen LogP) is 5.56. The fourth-order valence-corrected chi connectivity index (χ4v) is 3.40. The molecule has 2 atom stereocenters. The molecule has 1 aliphatic rings. The minimum atomic E-state index is 0.00257. The third-order valence-electron chi connectivity index (χ3n) is 4.61. The quantitative estimate of drug-likeness (QED) is 0.796. The Hall–Kier alpha value is -1.80. The van der Waals surface area contributed by atoms with Crippen LogP contribution in [0.1, 0.15) is 42.9 Å². The lowest BCUT2D eigenvalue weighted by atomic mass is 9.80. The maximum Gasteiger partial charge on any atom is 0.138 e. The Bertz CT molecular complexity index is 663. The lowest BCUT2D eigenvalue weighted by Crippen LogP contribution is -2.30. The lowest BCUT2D eigenvalue weighted by molar-refractivity contribution is -0.125. The summed E-state index contributed by atoms with van der Waals surface area (Å²) >= 11 is 6.02. The van der Waals surface area contributed by atoms with E-state index in [2.05, 4.69) is 36.5 Å². The van der Waals surface area contributed by atoms with Crippen LogP contribution in [-0.4, -0.2) is 5.78 Å². The molecular formula is C20H22ClNO. The molecule has 2 aromatic carbocycles. The number of benzene rings is 2. The smallest absolute Gasteiger partial charge is 0.138 e. The minimum Gasteiger partial charge on any atom is -0.378 e. The van der Waals surface area contributed by atoms with Crippen molar-refractivity contribution in [2.45, 2.75) is 38.6 Å². The normalized spacial score (nSPS) is 19.4. The summed E-state index contributed by atoms with van der Waals surface area (Å²) in [5, 5.41) is 4.30. The molecule has 0 bridgehead atoms. The number of anilines is 1. The highest BCUT2D eigenvalue weighted by Crippen LogP contribution is 2.35. The number of halogens is 1. The van der Waals surface area contributed by atoms with Gasteiger partial charge in [0.15, 0.2) is 0 Å². The summed E-state index contributed by atoms with van der Waals surface area (Å²) < 4.78 is 0. The van der Waals surface area contributed by atoms with Gasteiger partial charge in [0.2, 0.25) is 0 Å². The Kier molecular flexibility index (Phi) is 5.02. The van der Waals surface area contributed by atoms with Gasteiger partial charge in [-0.05, 0) is 49.6 Å². The largest absolute Gasteiger partial charge is 0.378 e. The highest BCUT2D eigenvalue weighted by Gasteiger charge is 2.31. The van der Waals surface area contributed by atoms with Gasteiger partial charge in [0.1, 0.15) is 5.78 Å². The standard InChI is InChI=1S/C20H22ClNO/c1-14-6-12-17(13-7-14)22-20(15-8-10-16(21)11-9-15)18-4-2-3-5-19(18)23/h6-13,18,20,22H,2-5H2,1H3/t18-,20+/m0/s1. The molecule has 1 fully saturated rings. The van der Waals surface area contributed by atoms with E-state index in [1.54, 1.807) is 0 Å². The molecule has 0 unspecified atom stereocenters. The second-order valence-corrected chi connectivity index (χ2v) is 6.79. The highest BCUT2D eigenvalue weighted by molar-refractivity contribution is 6.30. The van der Waals surface area contributed by atoms with Crippen molar-refractivity contribution in [3.63, 3.8) is 0 Å². The number of hydrogen-bond acceptors (Lipinski definition) is 2. The molecule has 0 amide bonds. The van der Waals surface area contributed by atoms with Crippen LogP contribution in [0.25, 0.3) is 0 Å². The van der Waals surface area contributed by atoms with Crippen molar-refractivity contribution < 1.29 is 4.79 Å². The zero-order valence-electron chi connectivity index (χ0n) is 13.4. The summed E-state index contributed by atoms with van der Waals surface area (Å²) in [5.41, 5.74) is 3.40. The first-order chi connectivity index (χ1) is 11.1. The summed E-state index contributed by atoms with van der Waals surface area (Å²) in [6.07, 6.45) is 3.79. The molecule has 0 spiro atoms. The zero-order chi connectivity index (χ0) is 16.2. The zero-order valence-corrected chi connectivity index (χ0v) is 14.1. The Morgan fingerprint density at radius 2 is 1.74 bits per heavy atom. The molecule has 0 heterocycles. The molecule has 2 nitrogen and oxygen atoms in total. The maximum atomic E-state index is 12.5. The van der Waals surface area contributed by atoms with Gasteiger partial charge in [-0.25, -0.2) is 0 Å². The molecular weight excluding hydrogens is 306 g/mol. The predicted molar refractivity (Wildman–Crippen MR) is 96.0 cm³/mol. The van der Waals surface area contributed by atoms with E-state index >= 15 is 0 Å². The number of ketones is 1. The van der Waals surface area contributed by atoms with Crippen LogP contribution in [0, 0.1) is 12.8 Å². The van der Waals surface area contributed by atoms with Gasteiger partial charge in [-0.15, -0.1) is 0 Å². The van der Waals surface area contributed by atoms with Gasteiger partial charge in [-0.2, -0.15) is 0 Å². The summed E-state index contributed by atoms with van der Waals surface area (Å²) in [6, 6.07) is 16.2. The van der Waals surface area contributed by atoms with E-state index in [0.29, 0.717) is 12.2 Å². The Morgan fingerprint density at radius 3 is 2.39 bits per heavy atom. The molecule has 0 saturated heterocycles. The average Bonchev–Trinajstić information content (AvgIpc) is 2.56. The topological polar surface area (TPSA) is 29.1 Å². The third kappa shape index (κ3) is 3.94. The van der Waals surface area contributed by atoms with Gasteiger partial charge in [0.25, 0.3) is 0 Å². The van der Waals surface area contributed by atoms with Crippen molar-refractivity contribution >= 4 is 23.1 Å². The Balaban J connectivity index is 1.90. The molecule has 3 rings (SSSR count). The molecule has 1 aliphatic carbocycles. The molecule has 0 aliphatic heterocycles. The molecule has 0 radical (unpaired) electrons. The highest BCUT2D eigenvalue weighted by atomic mass is 35.5. The van der Waals surface area contributed by atoms with Crippen molar-refractivity contribution in [3.05, 3.63) is 64.7 Å². The van der Waals surface area contributed by atoms with Gasteiger partial charge in [-0.3, -0.25) is 4.79 Å². The van der Waals surface area contributed by atoms with Gasteiger partial charge in [0, 0.05) is 23.0 Å². The van der Waals surface area contributed by atoms with Gasteiger partial charge >= 0.3 is 0 Å². The third-order valence-corrected chi connectivity index (χ3v) is 4.86. The summed E-state index contributed by atoms with van der Waals surface area (Å²) in [7, 11) is 0. The second-order valence-electron chi connectivity index (χ2n) is 6.36. The van der Waals surface area contributed by atoms with Crippen LogP contribution in [0.3, 0.4) is 0 Å². The Labute approximate surface area is 142 Å². The summed E-state index contributed by atoms with van der Waals surface area (Å²) in [6.45, 7) is 2.07. The van der Waals surface area contributed by atoms with E-state index in [4.69, 9.17) is 11.6 Å². The second kappa shape index (κ2) is 7.18. The molecule has 120 valence electrons. The van der Waals surface area contributed by atoms with Crippen LogP contribution in [0.5, 0.6) is 0 Å². The number of carbonyl (C=O) groups is 1. The molecule has 23 heavy (non-hydrogen) atoms.